The van der Waals surface area contributed by atoms with E-state index in [9.17, 15) is 0 Å². The summed E-state index contributed by atoms with van der Waals surface area (Å²) in [6.07, 6.45) is 0.183. The van der Waals surface area contributed by atoms with Gasteiger partial charge >= 0.3 is 0 Å². The van der Waals surface area contributed by atoms with E-state index in [2.05, 4.69) is 61.2 Å². The summed E-state index contributed by atoms with van der Waals surface area (Å²) in [5.41, 5.74) is 0.883. The van der Waals surface area contributed by atoms with Crippen LogP contribution < -0.4 is 15.4 Å². The average Bonchev–Trinajstić information content (AvgIpc) is 2.61. The van der Waals surface area contributed by atoms with E-state index in [1.54, 1.807) is 7.05 Å². The van der Waals surface area contributed by atoms with Gasteiger partial charge in [-0.15, -0.1) is 24.0 Å². The zero-order valence-corrected chi connectivity index (χ0v) is 21.2. The van der Waals surface area contributed by atoms with Gasteiger partial charge in [0.15, 0.2) is 5.96 Å². The molecule has 1 aromatic carbocycles. The molecule has 0 bridgehead atoms. The minimum atomic E-state index is -0.226. The normalized spacial score (nSPS) is 18.3. The highest BCUT2D eigenvalue weighted by atomic mass is 127. The molecule has 0 saturated carbocycles. The van der Waals surface area contributed by atoms with Gasteiger partial charge in [0.05, 0.1) is 12.7 Å². The summed E-state index contributed by atoms with van der Waals surface area (Å²) in [6.45, 7) is 16.0. The number of nitrogens with one attached hydrogen (secondary N) is 2. The second-order valence-electron chi connectivity index (χ2n) is 8.78. The minimum Gasteiger partial charge on any atom is -0.488 e. The molecule has 2 rings (SSSR count). The summed E-state index contributed by atoms with van der Waals surface area (Å²) < 4.78 is 12.0. The quantitative estimate of drug-likeness (QED) is 0.329. The number of hydrogen-bond donors (Lipinski definition) is 2. The van der Waals surface area contributed by atoms with Crippen LogP contribution in [0.5, 0.6) is 5.75 Å². The molecule has 0 aliphatic carbocycles. The van der Waals surface area contributed by atoms with E-state index >= 15 is 0 Å². The molecule has 1 heterocycles. The number of benzene rings is 1. The van der Waals surface area contributed by atoms with Crippen molar-refractivity contribution in [3.05, 3.63) is 29.8 Å². The van der Waals surface area contributed by atoms with Gasteiger partial charge in [-0.2, -0.15) is 0 Å². The third kappa shape index (κ3) is 10.00. The Bertz CT molecular complexity index is 631. The molecule has 0 aromatic heterocycles. The van der Waals surface area contributed by atoms with E-state index in [-0.39, 0.29) is 35.7 Å². The first kappa shape index (κ1) is 26.0. The third-order valence-electron chi connectivity index (χ3n) is 4.40. The fraction of sp³-hybridized carbons (Fsp3) is 0.682. The molecule has 1 unspecified atom stereocenters. The lowest BCUT2D eigenvalue weighted by Gasteiger charge is -2.34. The second-order valence-corrected chi connectivity index (χ2v) is 8.78. The highest BCUT2D eigenvalue weighted by Crippen LogP contribution is 2.22. The molecule has 166 valence electrons. The summed E-state index contributed by atoms with van der Waals surface area (Å²) in [5, 5.41) is 6.78. The summed E-state index contributed by atoms with van der Waals surface area (Å²) in [5.74, 6) is 2.35. The molecule has 1 aromatic rings. The fourth-order valence-electron chi connectivity index (χ4n) is 3.28. The van der Waals surface area contributed by atoms with Crippen LogP contribution in [0.4, 0.5) is 0 Å². The van der Waals surface area contributed by atoms with E-state index in [0.717, 1.165) is 50.1 Å². The second kappa shape index (κ2) is 12.6. The van der Waals surface area contributed by atoms with E-state index < -0.39 is 0 Å². The van der Waals surface area contributed by atoms with E-state index in [1.165, 1.54) is 0 Å². The van der Waals surface area contributed by atoms with Crippen molar-refractivity contribution in [3.8, 4) is 5.75 Å². The predicted molar refractivity (Wildman–Crippen MR) is 131 cm³/mol. The maximum absolute atomic E-state index is 6.07. The first-order valence-electron chi connectivity index (χ1n) is 10.3. The molecule has 7 heteroatoms. The number of ether oxygens (including phenoxy) is 2. The molecular formula is C22H39IN4O2. The SMILES string of the molecule is CN=C(NCc1ccccc1OC(C)(C)C)NCC1CN(CC(C)C)CCO1.I. The number of hydrogen-bond acceptors (Lipinski definition) is 4. The van der Waals surface area contributed by atoms with Gasteiger partial charge in [0.1, 0.15) is 11.4 Å². The lowest BCUT2D eigenvalue weighted by atomic mass is 10.1. The molecule has 6 nitrogen and oxygen atoms in total. The number of morpholine rings is 1. The molecule has 0 amide bonds. The van der Waals surface area contributed by atoms with Crippen molar-refractivity contribution < 1.29 is 9.47 Å². The maximum Gasteiger partial charge on any atom is 0.191 e. The lowest BCUT2D eigenvalue weighted by Crippen LogP contribution is -2.50. The molecule has 1 atom stereocenters. The van der Waals surface area contributed by atoms with Gasteiger partial charge in [0, 0.05) is 45.3 Å². The topological polar surface area (TPSA) is 58.1 Å². The molecule has 1 fully saturated rings. The highest BCUT2D eigenvalue weighted by Gasteiger charge is 2.21. The Labute approximate surface area is 193 Å². The smallest absolute Gasteiger partial charge is 0.191 e. The van der Waals surface area contributed by atoms with Gasteiger partial charge in [-0.05, 0) is 32.8 Å². The minimum absolute atomic E-state index is 0. The van der Waals surface area contributed by atoms with Crippen molar-refractivity contribution in [2.45, 2.75) is 52.9 Å². The summed E-state index contributed by atoms with van der Waals surface area (Å²) in [6, 6.07) is 8.12. The summed E-state index contributed by atoms with van der Waals surface area (Å²) in [4.78, 5) is 6.83. The molecular weight excluding hydrogens is 479 g/mol. The first-order chi connectivity index (χ1) is 13.3. The number of guanidine groups is 1. The molecule has 29 heavy (non-hydrogen) atoms. The Kier molecular flexibility index (Phi) is 11.3. The first-order valence-corrected chi connectivity index (χ1v) is 10.3. The molecule has 0 radical (unpaired) electrons. The van der Waals surface area contributed by atoms with Crippen LogP contribution in [0.25, 0.3) is 0 Å². The zero-order chi connectivity index (χ0) is 20.6. The number of rotatable bonds is 7. The van der Waals surface area contributed by atoms with Crippen molar-refractivity contribution in [2.75, 3.05) is 39.8 Å². The number of aliphatic imine (C=N–C) groups is 1. The Balaban J connectivity index is 0.00000420. The zero-order valence-electron chi connectivity index (χ0n) is 18.8. The van der Waals surface area contributed by atoms with E-state index in [0.29, 0.717) is 12.5 Å². The van der Waals surface area contributed by atoms with Crippen molar-refractivity contribution in [2.24, 2.45) is 10.9 Å². The Morgan fingerprint density at radius 3 is 2.66 bits per heavy atom. The van der Waals surface area contributed by atoms with Gasteiger partial charge < -0.3 is 20.1 Å². The monoisotopic (exact) mass is 518 g/mol. The fourth-order valence-corrected chi connectivity index (χ4v) is 3.28. The van der Waals surface area contributed by atoms with E-state index in [1.807, 2.05) is 18.2 Å². The Hall–Kier alpha value is -1.06. The number of para-hydroxylation sites is 1. The lowest BCUT2D eigenvalue weighted by molar-refractivity contribution is -0.0284. The van der Waals surface area contributed by atoms with Gasteiger partial charge in [-0.25, -0.2) is 0 Å². The van der Waals surface area contributed by atoms with Crippen LogP contribution in [0.2, 0.25) is 0 Å². The van der Waals surface area contributed by atoms with Gasteiger partial charge in [-0.3, -0.25) is 9.89 Å². The largest absolute Gasteiger partial charge is 0.488 e. The predicted octanol–water partition coefficient (Wildman–Crippen LogP) is 3.50. The van der Waals surface area contributed by atoms with Crippen LogP contribution in [0.1, 0.15) is 40.2 Å². The van der Waals surface area contributed by atoms with Gasteiger partial charge in [-0.1, -0.05) is 32.0 Å². The number of nitrogens with zero attached hydrogens (tertiary/aromatic N) is 2. The Morgan fingerprint density at radius 1 is 1.28 bits per heavy atom. The molecule has 2 N–H and O–H groups in total. The molecule has 1 aliphatic rings. The molecule has 1 saturated heterocycles. The van der Waals surface area contributed by atoms with Crippen LogP contribution in [0.15, 0.2) is 29.3 Å². The van der Waals surface area contributed by atoms with Gasteiger partial charge in [0.25, 0.3) is 0 Å². The molecule has 0 spiro atoms. The van der Waals surface area contributed by atoms with Crippen LogP contribution in [0, 0.1) is 5.92 Å². The Morgan fingerprint density at radius 2 is 2.00 bits per heavy atom. The summed E-state index contributed by atoms with van der Waals surface area (Å²) in [7, 11) is 1.79. The van der Waals surface area contributed by atoms with Crippen LogP contribution in [-0.4, -0.2) is 62.4 Å². The third-order valence-corrected chi connectivity index (χ3v) is 4.40. The maximum atomic E-state index is 6.07. The summed E-state index contributed by atoms with van der Waals surface area (Å²) >= 11 is 0. The van der Waals surface area contributed by atoms with Crippen molar-refractivity contribution in [1.29, 1.82) is 0 Å². The van der Waals surface area contributed by atoms with Gasteiger partial charge in [0.2, 0.25) is 0 Å². The van der Waals surface area contributed by atoms with Crippen LogP contribution in [0.3, 0.4) is 0 Å². The van der Waals surface area contributed by atoms with Crippen LogP contribution in [-0.2, 0) is 11.3 Å². The van der Waals surface area contributed by atoms with Crippen molar-refractivity contribution in [3.63, 3.8) is 0 Å². The van der Waals surface area contributed by atoms with Crippen molar-refractivity contribution >= 4 is 29.9 Å². The highest BCUT2D eigenvalue weighted by molar-refractivity contribution is 14.0. The average molecular weight is 518 g/mol. The standard InChI is InChI=1S/C22H38N4O2.HI/c1-17(2)15-26-11-12-27-19(16-26)14-25-21(23-6)24-13-18-9-7-8-10-20(18)28-22(3,4)5;/h7-10,17,19H,11-16H2,1-6H3,(H2,23,24,25);1H. The number of halogens is 1. The van der Waals surface area contributed by atoms with E-state index in [4.69, 9.17) is 9.47 Å². The van der Waals surface area contributed by atoms with Crippen molar-refractivity contribution in [1.82, 2.24) is 15.5 Å². The van der Waals surface area contributed by atoms with Crippen LogP contribution >= 0.6 is 24.0 Å². The molecule has 1 aliphatic heterocycles.